The summed E-state index contributed by atoms with van der Waals surface area (Å²) in [5.74, 6) is 0. The summed E-state index contributed by atoms with van der Waals surface area (Å²) in [6.45, 7) is 0. The SMILES string of the molecule is O[C@H]1C=C[C@@H](Cl)CC1. The molecule has 46 valence electrons. The van der Waals surface area contributed by atoms with E-state index in [0.717, 1.165) is 12.8 Å². The first-order valence-corrected chi connectivity index (χ1v) is 3.23. The summed E-state index contributed by atoms with van der Waals surface area (Å²) < 4.78 is 0. The second-order valence-electron chi connectivity index (χ2n) is 2.05. The Morgan fingerprint density at radius 2 is 2.12 bits per heavy atom. The van der Waals surface area contributed by atoms with Gasteiger partial charge in [0.05, 0.1) is 11.5 Å². The van der Waals surface area contributed by atoms with Gasteiger partial charge in [0.2, 0.25) is 0 Å². The normalized spacial score (nSPS) is 37.8. The van der Waals surface area contributed by atoms with Crippen molar-refractivity contribution in [3.8, 4) is 0 Å². The maximum atomic E-state index is 8.88. The Balaban J connectivity index is 2.42. The van der Waals surface area contributed by atoms with Gasteiger partial charge in [0, 0.05) is 0 Å². The summed E-state index contributed by atoms with van der Waals surface area (Å²) in [4.78, 5) is 0. The van der Waals surface area contributed by atoms with Crippen molar-refractivity contribution in [2.24, 2.45) is 0 Å². The van der Waals surface area contributed by atoms with E-state index < -0.39 is 0 Å². The lowest BCUT2D eigenvalue weighted by atomic mass is 10.1. The summed E-state index contributed by atoms with van der Waals surface area (Å²) in [6, 6.07) is 0. The van der Waals surface area contributed by atoms with Gasteiger partial charge in [-0.3, -0.25) is 0 Å². The number of allylic oxidation sites excluding steroid dienone is 1. The molecule has 0 saturated carbocycles. The van der Waals surface area contributed by atoms with Gasteiger partial charge in [-0.25, -0.2) is 0 Å². The molecule has 0 unspecified atom stereocenters. The molecule has 0 aromatic carbocycles. The largest absolute Gasteiger partial charge is 0.389 e. The lowest BCUT2D eigenvalue weighted by Gasteiger charge is -2.12. The second kappa shape index (κ2) is 2.51. The van der Waals surface area contributed by atoms with Gasteiger partial charge in [0.25, 0.3) is 0 Å². The number of hydrogen-bond donors (Lipinski definition) is 1. The highest BCUT2D eigenvalue weighted by Crippen LogP contribution is 2.15. The van der Waals surface area contributed by atoms with Crippen LogP contribution < -0.4 is 0 Å². The van der Waals surface area contributed by atoms with E-state index in [2.05, 4.69) is 0 Å². The third-order valence-electron chi connectivity index (χ3n) is 1.28. The van der Waals surface area contributed by atoms with Crippen LogP contribution in [-0.4, -0.2) is 16.6 Å². The van der Waals surface area contributed by atoms with E-state index in [0.29, 0.717) is 0 Å². The maximum absolute atomic E-state index is 8.88. The molecule has 0 fully saturated rings. The van der Waals surface area contributed by atoms with Crippen LogP contribution in [0.4, 0.5) is 0 Å². The van der Waals surface area contributed by atoms with E-state index in [9.17, 15) is 0 Å². The number of rotatable bonds is 0. The molecule has 1 rings (SSSR count). The number of halogens is 1. The van der Waals surface area contributed by atoms with E-state index in [1.54, 1.807) is 6.08 Å². The molecule has 2 heteroatoms. The van der Waals surface area contributed by atoms with Crippen molar-refractivity contribution in [3.63, 3.8) is 0 Å². The van der Waals surface area contributed by atoms with Crippen LogP contribution in [0.25, 0.3) is 0 Å². The van der Waals surface area contributed by atoms with E-state index in [1.165, 1.54) is 0 Å². The lowest BCUT2D eigenvalue weighted by Crippen LogP contribution is -2.11. The number of hydrogen-bond acceptors (Lipinski definition) is 1. The summed E-state index contributed by atoms with van der Waals surface area (Å²) >= 11 is 5.68. The Kier molecular flexibility index (Phi) is 1.92. The zero-order chi connectivity index (χ0) is 5.98. The molecule has 1 aliphatic rings. The third kappa shape index (κ3) is 1.49. The number of aliphatic hydroxyl groups is 1. The minimum atomic E-state index is -0.245. The molecule has 0 aromatic heterocycles. The number of aliphatic hydroxyl groups excluding tert-OH is 1. The van der Waals surface area contributed by atoms with Crippen LogP contribution in [0.5, 0.6) is 0 Å². The van der Waals surface area contributed by atoms with Gasteiger partial charge >= 0.3 is 0 Å². The first kappa shape index (κ1) is 6.12. The summed E-state index contributed by atoms with van der Waals surface area (Å²) in [5, 5.41) is 9.03. The van der Waals surface area contributed by atoms with Gasteiger partial charge in [-0.05, 0) is 12.8 Å². The van der Waals surface area contributed by atoms with Crippen LogP contribution in [0.1, 0.15) is 12.8 Å². The molecule has 8 heavy (non-hydrogen) atoms. The molecule has 0 radical (unpaired) electrons. The lowest BCUT2D eigenvalue weighted by molar-refractivity contribution is 0.205. The molecule has 0 aromatic rings. The van der Waals surface area contributed by atoms with Crippen LogP contribution in [0.2, 0.25) is 0 Å². The predicted octanol–water partition coefficient (Wildman–Crippen LogP) is 1.30. The third-order valence-corrected chi connectivity index (χ3v) is 1.64. The van der Waals surface area contributed by atoms with Crippen LogP contribution in [0, 0.1) is 0 Å². The average molecular weight is 133 g/mol. The average Bonchev–Trinajstić information content (AvgIpc) is 1.77. The highest BCUT2D eigenvalue weighted by molar-refractivity contribution is 6.21. The van der Waals surface area contributed by atoms with Crippen molar-refractivity contribution in [2.45, 2.75) is 24.3 Å². The smallest absolute Gasteiger partial charge is 0.0722 e. The Bertz CT molecular complexity index is 88.7. The Morgan fingerprint density at radius 3 is 2.50 bits per heavy atom. The van der Waals surface area contributed by atoms with Crippen LogP contribution in [-0.2, 0) is 0 Å². The molecule has 1 N–H and O–H groups in total. The Morgan fingerprint density at radius 1 is 1.38 bits per heavy atom. The predicted molar refractivity (Wildman–Crippen MR) is 34.0 cm³/mol. The van der Waals surface area contributed by atoms with Gasteiger partial charge in [0.1, 0.15) is 0 Å². The zero-order valence-corrected chi connectivity index (χ0v) is 5.30. The van der Waals surface area contributed by atoms with Gasteiger partial charge in [-0.15, -0.1) is 11.6 Å². The van der Waals surface area contributed by atoms with E-state index >= 15 is 0 Å². The van der Waals surface area contributed by atoms with Crippen LogP contribution >= 0.6 is 11.6 Å². The van der Waals surface area contributed by atoms with Crippen molar-refractivity contribution in [1.82, 2.24) is 0 Å². The Labute approximate surface area is 54.0 Å². The topological polar surface area (TPSA) is 20.2 Å². The molecule has 1 aliphatic carbocycles. The highest BCUT2D eigenvalue weighted by atomic mass is 35.5. The minimum absolute atomic E-state index is 0.151. The van der Waals surface area contributed by atoms with Gasteiger partial charge in [-0.2, -0.15) is 0 Å². The summed E-state index contributed by atoms with van der Waals surface area (Å²) in [6.07, 6.45) is 5.06. The summed E-state index contributed by atoms with van der Waals surface area (Å²) in [7, 11) is 0. The fraction of sp³-hybridized carbons (Fsp3) is 0.667. The Hall–Kier alpha value is -0.0100. The fourth-order valence-electron chi connectivity index (χ4n) is 0.771. The zero-order valence-electron chi connectivity index (χ0n) is 4.55. The molecule has 0 bridgehead atoms. The maximum Gasteiger partial charge on any atom is 0.0722 e. The molecule has 0 heterocycles. The van der Waals surface area contributed by atoms with Crippen molar-refractivity contribution < 1.29 is 5.11 Å². The fourth-order valence-corrected chi connectivity index (χ4v) is 0.981. The highest BCUT2D eigenvalue weighted by Gasteiger charge is 2.09. The van der Waals surface area contributed by atoms with Crippen molar-refractivity contribution in [2.75, 3.05) is 0 Å². The quantitative estimate of drug-likeness (QED) is 0.389. The molecule has 2 atom stereocenters. The first-order chi connectivity index (χ1) is 3.79. The van der Waals surface area contributed by atoms with Crippen molar-refractivity contribution >= 4 is 11.6 Å². The van der Waals surface area contributed by atoms with Gasteiger partial charge in [0.15, 0.2) is 0 Å². The van der Waals surface area contributed by atoms with Gasteiger partial charge < -0.3 is 5.11 Å². The second-order valence-corrected chi connectivity index (χ2v) is 2.61. The minimum Gasteiger partial charge on any atom is -0.389 e. The van der Waals surface area contributed by atoms with Gasteiger partial charge in [-0.1, -0.05) is 12.2 Å². The van der Waals surface area contributed by atoms with Crippen LogP contribution in [0.3, 0.4) is 0 Å². The van der Waals surface area contributed by atoms with E-state index in [-0.39, 0.29) is 11.5 Å². The number of alkyl halides is 1. The summed E-state index contributed by atoms with van der Waals surface area (Å²) in [5.41, 5.74) is 0. The van der Waals surface area contributed by atoms with E-state index in [4.69, 9.17) is 16.7 Å². The van der Waals surface area contributed by atoms with Crippen LogP contribution in [0.15, 0.2) is 12.2 Å². The molecule has 0 amide bonds. The molecule has 1 nitrogen and oxygen atoms in total. The molecular weight excluding hydrogens is 124 g/mol. The van der Waals surface area contributed by atoms with Crippen molar-refractivity contribution in [3.05, 3.63) is 12.2 Å². The molecule has 0 spiro atoms. The molecular formula is C6H9ClO. The standard InChI is InChI=1S/C6H9ClO/c7-5-1-3-6(8)4-2-5/h1,3,5-6,8H,2,4H2/t5-,6+/m1/s1. The van der Waals surface area contributed by atoms with E-state index in [1.807, 2.05) is 6.08 Å². The monoisotopic (exact) mass is 132 g/mol. The molecule has 0 aliphatic heterocycles. The molecule has 0 saturated heterocycles. The van der Waals surface area contributed by atoms with Crippen molar-refractivity contribution in [1.29, 1.82) is 0 Å². The first-order valence-electron chi connectivity index (χ1n) is 2.79.